The third-order valence-electron chi connectivity index (χ3n) is 13.0. The minimum absolute atomic E-state index is 0.343. The van der Waals surface area contributed by atoms with Crippen LogP contribution in [0.2, 0.25) is 0 Å². The largest absolute Gasteiger partial charge is 0.454 e. The van der Waals surface area contributed by atoms with Crippen LogP contribution in [-0.4, -0.2) is 0 Å². The van der Waals surface area contributed by atoms with Crippen LogP contribution in [0.25, 0.3) is 65.4 Å². The lowest BCUT2D eigenvalue weighted by atomic mass is 9.98. The summed E-state index contributed by atoms with van der Waals surface area (Å²) in [4.78, 5) is 4.74. The second-order valence-corrected chi connectivity index (χ2v) is 17.8. The van der Waals surface area contributed by atoms with E-state index in [4.69, 9.17) is 8.83 Å². The van der Waals surface area contributed by atoms with Crippen molar-refractivity contribution >= 4 is 99.5 Å². The van der Waals surface area contributed by atoms with Gasteiger partial charge in [0, 0.05) is 55.7 Å². The molecule has 0 radical (unpaired) electrons. The summed E-state index contributed by atoms with van der Waals surface area (Å²) in [7, 11) is 0. The average Bonchev–Trinajstić information content (AvgIpc) is 3.84. The van der Waals surface area contributed by atoms with Gasteiger partial charge >= 0.3 is 0 Å². The highest BCUT2D eigenvalue weighted by Gasteiger charge is 2.24. The number of para-hydroxylation sites is 4. The zero-order valence-corrected chi connectivity index (χ0v) is 36.9. The summed E-state index contributed by atoms with van der Waals surface area (Å²) in [5.41, 5.74) is 14.6. The first-order valence-corrected chi connectivity index (χ1v) is 22.2. The van der Waals surface area contributed by atoms with Crippen molar-refractivity contribution < 1.29 is 8.83 Å². The molecule has 9 aromatic carbocycles. The van der Waals surface area contributed by atoms with Crippen LogP contribution in [0, 0.1) is 25.2 Å². The van der Waals surface area contributed by atoms with Gasteiger partial charge in [0.05, 0.1) is 0 Å². The molecule has 0 spiro atoms. The van der Waals surface area contributed by atoms with Gasteiger partial charge in [0.25, 0.3) is 0 Å². The minimum Gasteiger partial charge on any atom is -0.454 e. The molecule has 0 bridgehead atoms. The van der Waals surface area contributed by atoms with Gasteiger partial charge in [-0.15, -0.1) is 0 Å². The van der Waals surface area contributed by atoms with E-state index < -0.39 is 0 Å². The molecule has 5 nitrogen and oxygen atoms in total. The lowest BCUT2D eigenvalue weighted by molar-refractivity contribution is 0.654. The van der Waals surface area contributed by atoms with E-state index in [0.29, 0.717) is 28.6 Å². The topological polar surface area (TPSA) is 56.6 Å². The van der Waals surface area contributed by atoms with Crippen molar-refractivity contribution in [2.24, 2.45) is 0 Å². The Labute approximate surface area is 373 Å². The Bertz CT molecular complexity index is 3460. The van der Waals surface area contributed by atoms with Gasteiger partial charge in [-0.1, -0.05) is 113 Å². The molecule has 11 rings (SSSR count). The summed E-state index contributed by atoms with van der Waals surface area (Å²) in [5, 5.41) is 18.8. The number of furan rings is 2. The van der Waals surface area contributed by atoms with Gasteiger partial charge in [-0.2, -0.15) is 5.26 Å². The SMILES string of the molecule is Cc1ccccc1N(c1ccc2cc3c(cc2c1)oc1c(C#N)c2oc4cc5cc(N(c6ccccc6C)c6ccccc6C(C)C)ccc5cc4c2cc13)c1ccccc1C(C)C. The van der Waals surface area contributed by atoms with Crippen molar-refractivity contribution in [3.8, 4) is 6.07 Å². The van der Waals surface area contributed by atoms with Crippen LogP contribution in [0.4, 0.5) is 34.1 Å². The molecule has 11 aromatic rings. The minimum atomic E-state index is 0.343. The number of nitriles is 1. The lowest BCUT2D eigenvalue weighted by Gasteiger charge is -2.30. The van der Waals surface area contributed by atoms with Crippen LogP contribution in [-0.2, 0) is 0 Å². The number of hydrogen-bond acceptors (Lipinski definition) is 5. The highest BCUT2D eigenvalue weighted by Crippen LogP contribution is 2.46. The molecule has 0 aliphatic heterocycles. The van der Waals surface area contributed by atoms with E-state index >= 15 is 0 Å². The molecular weight excluding hydrogens is 783 g/mol. The normalized spacial score (nSPS) is 11.9. The van der Waals surface area contributed by atoms with Gasteiger partial charge in [0.1, 0.15) is 22.8 Å². The van der Waals surface area contributed by atoms with Crippen molar-refractivity contribution in [3.63, 3.8) is 0 Å². The standard InChI is InChI=1S/C59H47N3O2/c1-35(2)45-17-9-13-21-54(45)61(52-19-11-7-15-37(52)5)43-25-23-39-29-47-49-33-50-48-30-40-24-26-44(62(53-20-12-8-16-38(53)6)55-22-14-10-18-46(55)36(3)4)28-42(40)32-57(48)64-59(50)51(34-60)58(49)63-56(47)31-41(39)27-43/h7-33,35-36H,1-6H3. The zero-order valence-electron chi connectivity index (χ0n) is 36.9. The van der Waals surface area contributed by atoms with E-state index in [9.17, 15) is 5.26 Å². The van der Waals surface area contributed by atoms with E-state index in [-0.39, 0.29) is 0 Å². The molecule has 0 saturated heterocycles. The number of aryl methyl sites for hydroxylation is 2. The van der Waals surface area contributed by atoms with Crippen molar-refractivity contribution in [1.82, 2.24) is 0 Å². The molecule has 64 heavy (non-hydrogen) atoms. The average molecular weight is 830 g/mol. The van der Waals surface area contributed by atoms with Crippen LogP contribution in [0.15, 0.2) is 173 Å². The van der Waals surface area contributed by atoms with Crippen LogP contribution in [0.1, 0.15) is 67.3 Å². The fraction of sp³-hybridized carbons (Fsp3) is 0.136. The van der Waals surface area contributed by atoms with Gasteiger partial charge in [-0.3, -0.25) is 0 Å². The zero-order chi connectivity index (χ0) is 43.8. The van der Waals surface area contributed by atoms with Gasteiger partial charge < -0.3 is 18.6 Å². The van der Waals surface area contributed by atoms with E-state index in [2.05, 4.69) is 221 Å². The fourth-order valence-electron chi connectivity index (χ4n) is 9.78. The highest BCUT2D eigenvalue weighted by atomic mass is 16.3. The van der Waals surface area contributed by atoms with E-state index in [1.54, 1.807) is 0 Å². The molecule has 0 N–H and O–H groups in total. The monoisotopic (exact) mass is 829 g/mol. The number of fused-ring (bicyclic) bond motifs is 8. The Hall–Kier alpha value is -7.81. The van der Waals surface area contributed by atoms with Crippen LogP contribution in [0.3, 0.4) is 0 Å². The second kappa shape index (κ2) is 15.2. The fourth-order valence-corrected chi connectivity index (χ4v) is 9.78. The summed E-state index contributed by atoms with van der Waals surface area (Å²) in [5.74, 6) is 0.686. The Morgan fingerprint density at radius 1 is 0.422 bits per heavy atom. The summed E-state index contributed by atoms with van der Waals surface area (Å²) in [6.45, 7) is 13.3. The first-order valence-electron chi connectivity index (χ1n) is 22.2. The molecule has 0 unspecified atom stereocenters. The van der Waals surface area contributed by atoms with Gasteiger partial charge in [-0.25, -0.2) is 0 Å². The van der Waals surface area contributed by atoms with Crippen molar-refractivity contribution in [3.05, 3.63) is 192 Å². The molecule has 0 amide bonds. The molecule has 0 atom stereocenters. The number of rotatable bonds is 8. The Morgan fingerprint density at radius 2 is 0.828 bits per heavy atom. The van der Waals surface area contributed by atoms with Gasteiger partial charge in [-0.05, 0) is 148 Å². The summed E-state index contributed by atoms with van der Waals surface area (Å²) in [6, 6.07) is 61.0. The smallest absolute Gasteiger partial charge is 0.157 e. The van der Waals surface area contributed by atoms with Gasteiger partial charge in [0.15, 0.2) is 11.2 Å². The highest BCUT2D eigenvalue weighted by molar-refractivity contribution is 6.20. The summed E-state index contributed by atoms with van der Waals surface area (Å²) in [6.07, 6.45) is 0. The number of nitrogens with zero attached hydrogens (tertiary/aromatic N) is 3. The predicted molar refractivity (Wildman–Crippen MR) is 268 cm³/mol. The second-order valence-electron chi connectivity index (χ2n) is 17.8. The Balaban J connectivity index is 1.05. The van der Waals surface area contributed by atoms with Crippen molar-refractivity contribution in [1.29, 1.82) is 5.26 Å². The number of benzene rings is 9. The third-order valence-corrected chi connectivity index (χ3v) is 13.0. The molecule has 0 fully saturated rings. The summed E-state index contributed by atoms with van der Waals surface area (Å²) >= 11 is 0. The lowest BCUT2D eigenvalue weighted by Crippen LogP contribution is -2.13. The maximum Gasteiger partial charge on any atom is 0.157 e. The molecule has 2 aromatic heterocycles. The van der Waals surface area contributed by atoms with Gasteiger partial charge in [0.2, 0.25) is 0 Å². The summed E-state index contributed by atoms with van der Waals surface area (Å²) < 4.78 is 13.3. The third kappa shape index (κ3) is 6.28. The molecular formula is C59H47N3O2. The maximum atomic E-state index is 10.8. The molecule has 310 valence electrons. The van der Waals surface area contributed by atoms with E-state index in [0.717, 1.165) is 88.4 Å². The first-order chi connectivity index (χ1) is 31.2. The quantitative estimate of drug-likeness (QED) is 0.153. The predicted octanol–water partition coefficient (Wildman–Crippen LogP) is 17.5. The van der Waals surface area contributed by atoms with Crippen LogP contribution < -0.4 is 9.80 Å². The molecule has 2 heterocycles. The molecule has 0 aliphatic rings. The van der Waals surface area contributed by atoms with Crippen molar-refractivity contribution in [2.75, 3.05) is 9.80 Å². The van der Waals surface area contributed by atoms with Crippen molar-refractivity contribution in [2.45, 2.75) is 53.4 Å². The number of hydrogen-bond donors (Lipinski definition) is 0. The maximum absolute atomic E-state index is 10.8. The van der Waals surface area contributed by atoms with Crippen LogP contribution in [0.5, 0.6) is 0 Å². The molecule has 0 aliphatic carbocycles. The molecule has 0 saturated carbocycles. The molecule has 5 heteroatoms. The first kappa shape index (κ1) is 39.1. The van der Waals surface area contributed by atoms with E-state index in [1.807, 2.05) is 0 Å². The van der Waals surface area contributed by atoms with E-state index in [1.165, 1.54) is 22.3 Å². The number of anilines is 6. The Morgan fingerprint density at radius 3 is 1.23 bits per heavy atom. The Kier molecular flexibility index (Phi) is 9.29. The van der Waals surface area contributed by atoms with Crippen LogP contribution >= 0.6 is 0 Å².